The Morgan fingerprint density at radius 1 is 1.18 bits per heavy atom. The number of aromatic nitrogens is 1. The molecule has 0 aliphatic carbocycles. The molecule has 2 aromatic carbocycles. The minimum Gasteiger partial charge on any atom is -0.451 e. The number of fused-ring (bicyclic) bond motifs is 2. The quantitative estimate of drug-likeness (QED) is 0.478. The van der Waals surface area contributed by atoms with Crippen LogP contribution in [-0.4, -0.2) is 28.9 Å². The van der Waals surface area contributed by atoms with E-state index in [2.05, 4.69) is 4.98 Å². The van der Waals surface area contributed by atoms with Crippen molar-refractivity contribution in [2.24, 2.45) is 0 Å². The second-order valence-corrected chi connectivity index (χ2v) is 7.35. The molecule has 1 amide bonds. The Kier molecular flexibility index (Phi) is 3.98. The Hall–Kier alpha value is -3.05. The fraction of sp³-hybridized carbons (Fsp3) is 0.136. The zero-order chi connectivity index (χ0) is 19.3. The van der Waals surface area contributed by atoms with Crippen molar-refractivity contribution in [3.05, 3.63) is 76.9 Å². The van der Waals surface area contributed by atoms with E-state index in [0.717, 1.165) is 33.8 Å². The lowest BCUT2D eigenvalue weighted by molar-refractivity contribution is 0.0743. The van der Waals surface area contributed by atoms with Crippen molar-refractivity contribution in [3.8, 4) is 0 Å². The van der Waals surface area contributed by atoms with Crippen LogP contribution in [-0.2, 0) is 0 Å². The highest BCUT2D eigenvalue weighted by atomic mass is 35.5. The van der Waals surface area contributed by atoms with Gasteiger partial charge in [-0.3, -0.25) is 4.79 Å². The summed E-state index contributed by atoms with van der Waals surface area (Å²) in [7, 11) is 0. The molecule has 3 heterocycles. The first-order valence-electron chi connectivity index (χ1n) is 9.03. The fourth-order valence-corrected chi connectivity index (χ4v) is 3.92. The highest BCUT2D eigenvalue weighted by Gasteiger charge is 2.23. The summed E-state index contributed by atoms with van der Waals surface area (Å²) >= 11 is 6.00. The smallest absolute Gasteiger partial charge is 0.289 e. The van der Waals surface area contributed by atoms with E-state index in [-0.39, 0.29) is 11.7 Å². The van der Waals surface area contributed by atoms with Crippen LogP contribution in [0.3, 0.4) is 0 Å². The van der Waals surface area contributed by atoms with Crippen LogP contribution < -0.4 is 0 Å². The van der Waals surface area contributed by atoms with E-state index in [4.69, 9.17) is 16.0 Å². The average molecular weight is 395 g/mol. The molecule has 140 valence electrons. The SMILES string of the molecule is O=C(c1cc2cc(Cl)ccc2o1)N1CC=C(c2c[nH]c3cc(F)ccc23)CC1. The number of amides is 1. The van der Waals surface area contributed by atoms with E-state index in [1.165, 1.54) is 12.1 Å². The number of aromatic amines is 1. The summed E-state index contributed by atoms with van der Waals surface area (Å²) in [5, 5.41) is 2.41. The van der Waals surface area contributed by atoms with Crippen LogP contribution in [0, 0.1) is 5.82 Å². The summed E-state index contributed by atoms with van der Waals surface area (Å²) in [6.45, 7) is 1.09. The number of furan rings is 1. The summed E-state index contributed by atoms with van der Waals surface area (Å²) in [4.78, 5) is 17.7. The van der Waals surface area contributed by atoms with Gasteiger partial charge in [0.15, 0.2) is 5.76 Å². The first-order chi connectivity index (χ1) is 13.6. The first kappa shape index (κ1) is 17.1. The largest absolute Gasteiger partial charge is 0.451 e. The van der Waals surface area contributed by atoms with Gasteiger partial charge in [-0.25, -0.2) is 4.39 Å². The third-order valence-corrected chi connectivity index (χ3v) is 5.41. The van der Waals surface area contributed by atoms with Crippen molar-refractivity contribution in [2.45, 2.75) is 6.42 Å². The van der Waals surface area contributed by atoms with Gasteiger partial charge in [0.1, 0.15) is 11.4 Å². The molecule has 4 nitrogen and oxygen atoms in total. The Morgan fingerprint density at radius 3 is 2.89 bits per heavy atom. The maximum absolute atomic E-state index is 13.4. The lowest BCUT2D eigenvalue weighted by Gasteiger charge is -2.25. The van der Waals surface area contributed by atoms with Crippen molar-refractivity contribution in [1.82, 2.24) is 9.88 Å². The molecular formula is C22H16ClFN2O2. The number of nitrogens with one attached hydrogen (secondary N) is 1. The average Bonchev–Trinajstić information content (AvgIpc) is 3.30. The Balaban J connectivity index is 1.39. The molecule has 0 bridgehead atoms. The number of halogens is 2. The topological polar surface area (TPSA) is 49.2 Å². The van der Waals surface area contributed by atoms with Crippen molar-refractivity contribution in [3.63, 3.8) is 0 Å². The maximum Gasteiger partial charge on any atom is 0.289 e. The summed E-state index contributed by atoms with van der Waals surface area (Å²) in [6.07, 6.45) is 4.67. The lowest BCUT2D eigenvalue weighted by Crippen LogP contribution is -2.34. The fourth-order valence-electron chi connectivity index (χ4n) is 3.74. The predicted octanol–water partition coefficient (Wildman–Crippen LogP) is 5.64. The van der Waals surface area contributed by atoms with Gasteiger partial charge in [-0.05, 0) is 54.5 Å². The van der Waals surface area contributed by atoms with E-state index >= 15 is 0 Å². The van der Waals surface area contributed by atoms with Crippen LogP contribution in [0.1, 0.15) is 22.5 Å². The maximum atomic E-state index is 13.4. The molecule has 0 unspecified atom stereocenters. The Morgan fingerprint density at radius 2 is 2.07 bits per heavy atom. The van der Waals surface area contributed by atoms with Crippen molar-refractivity contribution in [2.75, 3.05) is 13.1 Å². The van der Waals surface area contributed by atoms with Gasteiger partial charge in [0.05, 0.1) is 0 Å². The van der Waals surface area contributed by atoms with Crippen LogP contribution in [0.5, 0.6) is 0 Å². The van der Waals surface area contributed by atoms with Crippen LogP contribution in [0.2, 0.25) is 5.02 Å². The predicted molar refractivity (Wildman–Crippen MR) is 108 cm³/mol. The molecule has 6 heteroatoms. The van der Waals surface area contributed by atoms with Crippen LogP contribution >= 0.6 is 11.6 Å². The molecule has 1 N–H and O–H groups in total. The third-order valence-electron chi connectivity index (χ3n) is 5.18. The van der Waals surface area contributed by atoms with Crippen LogP contribution in [0.4, 0.5) is 4.39 Å². The van der Waals surface area contributed by atoms with Crippen LogP contribution in [0.25, 0.3) is 27.4 Å². The zero-order valence-corrected chi connectivity index (χ0v) is 15.6. The van der Waals surface area contributed by atoms with Gasteiger partial charge in [-0.2, -0.15) is 0 Å². The minimum atomic E-state index is -0.262. The van der Waals surface area contributed by atoms with Gasteiger partial charge in [0.25, 0.3) is 5.91 Å². The Bertz CT molecular complexity index is 1250. The molecule has 28 heavy (non-hydrogen) atoms. The number of carbonyl (C=O) groups excluding carboxylic acids is 1. The van der Waals surface area contributed by atoms with Gasteiger partial charge in [0, 0.05) is 46.2 Å². The number of carbonyl (C=O) groups is 1. The van der Waals surface area contributed by atoms with Crippen molar-refractivity contribution < 1.29 is 13.6 Å². The molecule has 5 rings (SSSR count). The number of hydrogen-bond donors (Lipinski definition) is 1. The molecule has 0 atom stereocenters. The molecule has 4 aromatic rings. The van der Waals surface area contributed by atoms with E-state index < -0.39 is 0 Å². The standard InChI is InChI=1S/C22H16ClFN2O2/c23-15-1-4-20-14(9-15)10-21(28-20)22(27)26-7-5-13(6-8-26)18-12-25-19-11-16(24)2-3-17(18)19/h1-5,9-12,25H,6-8H2. The van der Waals surface area contributed by atoms with Gasteiger partial charge < -0.3 is 14.3 Å². The van der Waals surface area contributed by atoms with Crippen LogP contribution in [0.15, 0.2) is 59.2 Å². The molecule has 0 fully saturated rings. The first-order valence-corrected chi connectivity index (χ1v) is 9.41. The lowest BCUT2D eigenvalue weighted by atomic mass is 9.99. The number of rotatable bonds is 2. The molecule has 1 aliphatic rings. The van der Waals surface area contributed by atoms with Crippen molar-refractivity contribution in [1.29, 1.82) is 0 Å². The van der Waals surface area contributed by atoms with E-state index in [1.807, 2.05) is 12.3 Å². The molecule has 0 spiro atoms. The normalized spacial score (nSPS) is 14.6. The van der Waals surface area contributed by atoms with Gasteiger partial charge in [0.2, 0.25) is 0 Å². The third kappa shape index (κ3) is 2.88. The molecule has 0 radical (unpaired) electrons. The summed E-state index contributed by atoms with van der Waals surface area (Å²) in [5.74, 6) is -0.0808. The number of nitrogens with zero attached hydrogens (tertiary/aromatic N) is 1. The summed E-state index contributed by atoms with van der Waals surface area (Å²) < 4.78 is 19.1. The molecule has 2 aromatic heterocycles. The Labute approximate surface area is 165 Å². The van der Waals surface area contributed by atoms with E-state index in [9.17, 15) is 9.18 Å². The second-order valence-electron chi connectivity index (χ2n) is 6.92. The van der Waals surface area contributed by atoms with Gasteiger partial charge >= 0.3 is 0 Å². The summed E-state index contributed by atoms with van der Waals surface area (Å²) in [5.41, 5.74) is 3.63. The monoisotopic (exact) mass is 394 g/mol. The van der Waals surface area contributed by atoms with Crippen molar-refractivity contribution >= 4 is 45.0 Å². The number of H-pyrrole nitrogens is 1. The summed E-state index contributed by atoms with van der Waals surface area (Å²) in [6, 6.07) is 11.8. The zero-order valence-electron chi connectivity index (χ0n) is 14.8. The van der Waals surface area contributed by atoms with Gasteiger partial charge in [-0.15, -0.1) is 0 Å². The minimum absolute atomic E-state index is 0.136. The number of benzene rings is 2. The van der Waals surface area contributed by atoms with E-state index in [0.29, 0.717) is 29.5 Å². The molecule has 0 saturated heterocycles. The number of hydrogen-bond acceptors (Lipinski definition) is 2. The highest BCUT2D eigenvalue weighted by Crippen LogP contribution is 2.30. The van der Waals surface area contributed by atoms with E-state index in [1.54, 1.807) is 35.2 Å². The molecular weight excluding hydrogens is 379 g/mol. The molecule has 0 saturated carbocycles. The second kappa shape index (κ2) is 6.53. The molecule has 1 aliphatic heterocycles. The highest BCUT2D eigenvalue weighted by molar-refractivity contribution is 6.31. The van der Waals surface area contributed by atoms with Gasteiger partial charge in [-0.1, -0.05) is 17.7 Å².